The molecule has 1 atom stereocenters. The summed E-state index contributed by atoms with van der Waals surface area (Å²) in [6.07, 6.45) is 3.86. The summed E-state index contributed by atoms with van der Waals surface area (Å²) in [7, 11) is 0. The van der Waals surface area contributed by atoms with Crippen LogP contribution in [0, 0.1) is 0 Å². The Morgan fingerprint density at radius 2 is 1.79 bits per heavy atom. The third-order valence-electron chi connectivity index (χ3n) is 6.70. The molecule has 1 fully saturated rings. The predicted octanol–water partition coefficient (Wildman–Crippen LogP) is 3.45. The lowest BCUT2D eigenvalue weighted by Gasteiger charge is -2.24. The highest BCUT2D eigenvalue weighted by Gasteiger charge is 2.33. The van der Waals surface area contributed by atoms with Crippen LogP contribution in [0.3, 0.4) is 0 Å². The van der Waals surface area contributed by atoms with Crippen LogP contribution < -0.4 is 19.6 Å². The number of carbonyl (C=O) groups is 2. The van der Waals surface area contributed by atoms with Crippen molar-refractivity contribution in [3.05, 3.63) is 95.6 Å². The van der Waals surface area contributed by atoms with Crippen molar-refractivity contribution in [1.82, 2.24) is 9.47 Å². The van der Waals surface area contributed by atoms with Crippen molar-refractivity contribution in [2.45, 2.75) is 32.7 Å². The number of aromatic nitrogens is 1. The Morgan fingerprint density at radius 1 is 1.10 bits per heavy atom. The van der Waals surface area contributed by atoms with Gasteiger partial charge >= 0.3 is 5.97 Å². The molecule has 8 nitrogen and oxygen atoms in total. The largest absolute Gasteiger partial charge is 0.484 e. The zero-order chi connectivity index (χ0) is 27.5. The van der Waals surface area contributed by atoms with E-state index >= 15 is 0 Å². The number of thiazole rings is 1. The summed E-state index contributed by atoms with van der Waals surface area (Å²) in [5, 5.41) is 0.553. The number of rotatable bonds is 7. The minimum absolute atomic E-state index is 0.00476. The van der Waals surface area contributed by atoms with Crippen LogP contribution in [0.5, 0.6) is 5.75 Å². The molecular weight excluding hydrogens is 538 g/mol. The van der Waals surface area contributed by atoms with Crippen LogP contribution in [-0.4, -0.2) is 47.6 Å². The monoisotopic (exact) mass is 565 g/mol. The highest BCUT2D eigenvalue weighted by Crippen LogP contribution is 2.31. The lowest BCUT2D eigenvalue weighted by Crippen LogP contribution is -2.39. The second-order valence-corrected chi connectivity index (χ2v) is 10.7. The lowest BCUT2D eigenvalue weighted by atomic mass is 9.96. The molecule has 2 aliphatic heterocycles. The molecule has 0 saturated carbocycles. The van der Waals surface area contributed by atoms with Crippen molar-refractivity contribution in [2.24, 2.45) is 4.99 Å². The number of benzene rings is 2. The number of fused-ring (bicyclic) bond motifs is 1. The summed E-state index contributed by atoms with van der Waals surface area (Å²) in [6.45, 7) is 5.28. The molecule has 39 heavy (non-hydrogen) atoms. The lowest BCUT2D eigenvalue weighted by molar-refractivity contribution is -0.139. The SMILES string of the molecule is CCOC(=O)C1=C(C)N=c2s/c(=C/c3ccc(OCC(=O)N4CCCC4)cc3)c(=O)n2[C@@H]1c1ccc(Cl)cc1. The van der Waals surface area contributed by atoms with E-state index in [4.69, 9.17) is 21.1 Å². The predicted molar refractivity (Wildman–Crippen MR) is 150 cm³/mol. The minimum atomic E-state index is -0.691. The van der Waals surface area contributed by atoms with E-state index in [1.165, 1.54) is 11.3 Å². The van der Waals surface area contributed by atoms with Crippen LogP contribution in [0.1, 0.15) is 43.9 Å². The van der Waals surface area contributed by atoms with Gasteiger partial charge in [0, 0.05) is 18.1 Å². The van der Waals surface area contributed by atoms with Crippen LogP contribution in [0.25, 0.3) is 6.08 Å². The number of ether oxygens (including phenoxy) is 2. The molecule has 0 bridgehead atoms. The summed E-state index contributed by atoms with van der Waals surface area (Å²) in [5.74, 6) is 0.0655. The maximum Gasteiger partial charge on any atom is 0.338 e. The van der Waals surface area contributed by atoms with Gasteiger partial charge in [-0.3, -0.25) is 14.2 Å². The van der Waals surface area contributed by atoms with E-state index in [1.807, 2.05) is 17.0 Å². The minimum Gasteiger partial charge on any atom is -0.484 e. The Kier molecular flexibility index (Phi) is 7.99. The molecule has 0 spiro atoms. The second kappa shape index (κ2) is 11.6. The van der Waals surface area contributed by atoms with Crippen LogP contribution in [-0.2, 0) is 14.3 Å². The summed E-state index contributed by atoms with van der Waals surface area (Å²) >= 11 is 7.36. The van der Waals surface area contributed by atoms with Gasteiger partial charge in [-0.1, -0.05) is 47.2 Å². The topological polar surface area (TPSA) is 90.2 Å². The van der Waals surface area contributed by atoms with E-state index in [-0.39, 0.29) is 24.7 Å². The fourth-order valence-electron chi connectivity index (χ4n) is 4.77. The van der Waals surface area contributed by atoms with E-state index in [0.29, 0.717) is 31.4 Å². The molecule has 5 rings (SSSR count). The fourth-order valence-corrected chi connectivity index (χ4v) is 5.94. The summed E-state index contributed by atoms with van der Waals surface area (Å²) in [6, 6.07) is 13.6. The maximum atomic E-state index is 13.7. The van der Waals surface area contributed by atoms with E-state index in [2.05, 4.69) is 4.99 Å². The normalized spacial score (nSPS) is 17.2. The van der Waals surface area contributed by atoms with Crippen molar-refractivity contribution in [3.8, 4) is 5.75 Å². The molecule has 3 heterocycles. The van der Waals surface area contributed by atoms with Crippen LogP contribution in [0.4, 0.5) is 0 Å². The molecule has 0 unspecified atom stereocenters. The first-order valence-corrected chi connectivity index (χ1v) is 14.0. The first-order valence-electron chi connectivity index (χ1n) is 12.8. The molecule has 2 aromatic carbocycles. The zero-order valence-electron chi connectivity index (χ0n) is 21.7. The fraction of sp³-hybridized carbons (Fsp3) is 0.310. The van der Waals surface area contributed by atoms with Crippen molar-refractivity contribution in [1.29, 1.82) is 0 Å². The second-order valence-electron chi connectivity index (χ2n) is 9.30. The number of allylic oxidation sites excluding steroid dienone is 1. The van der Waals surface area contributed by atoms with E-state index in [0.717, 1.165) is 37.1 Å². The van der Waals surface area contributed by atoms with E-state index in [9.17, 15) is 14.4 Å². The van der Waals surface area contributed by atoms with Crippen molar-refractivity contribution in [3.63, 3.8) is 0 Å². The van der Waals surface area contributed by atoms with Gasteiger partial charge < -0.3 is 14.4 Å². The number of nitrogens with zero attached hydrogens (tertiary/aromatic N) is 3. The zero-order valence-corrected chi connectivity index (χ0v) is 23.3. The number of hydrogen-bond acceptors (Lipinski definition) is 7. The number of carbonyl (C=O) groups excluding carboxylic acids is 2. The van der Waals surface area contributed by atoms with E-state index in [1.54, 1.807) is 60.9 Å². The van der Waals surface area contributed by atoms with Gasteiger partial charge in [-0.25, -0.2) is 9.79 Å². The molecule has 2 aliphatic rings. The molecule has 3 aromatic rings. The standard InChI is InChI=1S/C29H28ClN3O5S/c1-3-37-28(36)25-18(2)31-29-33(26(25)20-8-10-21(30)11-9-20)27(35)23(39-29)16-19-6-12-22(13-7-19)38-17-24(34)32-14-4-5-15-32/h6-13,16,26H,3-5,14-15,17H2,1-2H3/b23-16+/t26-/m1/s1. The van der Waals surface area contributed by atoms with Gasteiger partial charge in [-0.05, 0) is 68.2 Å². The average Bonchev–Trinajstić information content (AvgIpc) is 3.57. The van der Waals surface area contributed by atoms with Gasteiger partial charge in [0.1, 0.15) is 5.75 Å². The molecule has 0 aliphatic carbocycles. The Hall–Kier alpha value is -3.69. The van der Waals surface area contributed by atoms with Gasteiger partial charge in [0.25, 0.3) is 11.5 Å². The van der Waals surface area contributed by atoms with Gasteiger partial charge in [-0.2, -0.15) is 0 Å². The quantitative estimate of drug-likeness (QED) is 0.409. The summed E-state index contributed by atoms with van der Waals surface area (Å²) < 4.78 is 13.0. The molecule has 1 aromatic heterocycles. The van der Waals surface area contributed by atoms with Crippen LogP contribution >= 0.6 is 22.9 Å². The number of amides is 1. The highest BCUT2D eigenvalue weighted by molar-refractivity contribution is 7.07. The van der Waals surface area contributed by atoms with Gasteiger partial charge in [-0.15, -0.1) is 0 Å². The van der Waals surface area contributed by atoms with E-state index < -0.39 is 12.0 Å². The molecule has 0 N–H and O–H groups in total. The Labute approximate surface area is 234 Å². The number of halogens is 1. The molecule has 0 radical (unpaired) electrons. The molecule has 1 amide bonds. The number of likely N-dealkylation sites (tertiary alicyclic amines) is 1. The number of hydrogen-bond donors (Lipinski definition) is 0. The maximum absolute atomic E-state index is 13.7. The third kappa shape index (κ3) is 5.69. The molecular formula is C29H28ClN3O5S. The van der Waals surface area contributed by atoms with Gasteiger partial charge in [0.2, 0.25) is 0 Å². The smallest absolute Gasteiger partial charge is 0.338 e. The molecule has 202 valence electrons. The Balaban J connectivity index is 1.46. The van der Waals surface area contributed by atoms with Crippen LogP contribution in [0.15, 0.2) is 69.6 Å². The third-order valence-corrected chi connectivity index (χ3v) is 7.94. The first-order chi connectivity index (χ1) is 18.9. The number of esters is 1. The van der Waals surface area contributed by atoms with Crippen molar-refractivity contribution < 1.29 is 19.1 Å². The Bertz CT molecular complexity index is 1600. The van der Waals surface area contributed by atoms with Crippen molar-refractivity contribution >= 4 is 40.9 Å². The van der Waals surface area contributed by atoms with Gasteiger partial charge in [0.15, 0.2) is 11.4 Å². The summed E-state index contributed by atoms with van der Waals surface area (Å²) in [5.41, 5.74) is 2.09. The van der Waals surface area contributed by atoms with Gasteiger partial charge in [0.05, 0.1) is 28.5 Å². The first kappa shape index (κ1) is 26.9. The van der Waals surface area contributed by atoms with Crippen LogP contribution in [0.2, 0.25) is 5.02 Å². The molecule has 10 heteroatoms. The van der Waals surface area contributed by atoms with Crippen molar-refractivity contribution in [2.75, 3.05) is 26.3 Å². The highest BCUT2D eigenvalue weighted by atomic mass is 35.5. The Morgan fingerprint density at radius 3 is 2.46 bits per heavy atom. The molecule has 1 saturated heterocycles. The average molecular weight is 566 g/mol. The summed E-state index contributed by atoms with van der Waals surface area (Å²) in [4.78, 5) is 45.8.